The van der Waals surface area contributed by atoms with Crippen LogP contribution in [0.4, 0.5) is 9.18 Å². The first-order valence-corrected chi connectivity index (χ1v) is 8.37. The number of alkyl halides is 1. The van der Waals surface area contributed by atoms with Crippen molar-refractivity contribution in [1.29, 1.82) is 0 Å². The number of halogens is 1. The molecule has 2 N–H and O–H groups in total. The highest BCUT2D eigenvalue weighted by molar-refractivity contribution is 5.68. The topological polar surface area (TPSA) is 53.6 Å². The molecule has 2 rings (SSSR count). The fourth-order valence-corrected chi connectivity index (χ4v) is 3.18. The fraction of sp³-hybridized carbons (Fsp3) is 0.938. The molecule has 0 radical (unpaired) electrons. The van der Waals surface area contributed by atoms with Crippen molar-refractivity contribution in [3.05, 3.63) is 0 Å². The molecule has 5 nitrogen and oxygen atoms in total. The molecule has 1 saturated carbocycles. The number of ether oxygens (including phenoxy) is 1. The summed E-state index contributed by atoms with van der Waals surface area (Å²) in [7, 11) is 0. The molecule has 0 unspecified atom stereocenters. The molecule has 6 heteroatoms. The molecule has 0 atom stereocenters. The molecule has 1 amide bonds. The summed E-state index contributed by atoms with van der Waals surface area (Å²) < 4.78 is 20.2. The van der Waals surface area contributed by atoms with Crippen molar-refractivity contribution in [2.24, 2.45) is 0 Å². The van der Waals surface area contributed by atoms with Crippen LogP contribution >= 0.6 is 0 Å². The van der Waals surface area contributed by atoms with Gasteiger partial charge < -0.3 is 15.4 Å². The quantitative estimate of drug-likeness (QED) is 0.837. The Kier molecular flexibility index (Phi) is 5.66. The van der Waals surface area contributed by atoms with E-state index in [1.54, 1.807) is 0 Å². The van der Waals surface area contributed by atoms with Gasteiger partial charge in [0, 0.05) is 38.8 Å². The third-order valence-corrected chi connectivity index (χ3v) is 4.32. The lowest BCUT2D eigenvalue weighted by atomic mass is 9.83. The van der Waals surface area contributed by atoms with E-state index in [9.17, 15) is 9.18 Å². The van der Waals surface area contributed by atoms with Crippen LogP contribution in [0.2, 0.25) is 0 Å². The van der Waals surface area contributed by atoms with E-state index in [0.29, 0.717) is 32.2 Å². The Labute approximate surface area is 133 Å². The highest BCUT2D eigenvalue weighted by atomic mass is 19.1. The smallest absolute Gasteiger partial charge is 0.407 e. The zero-order valence-corrected chi connectivity index (χ0v) is 14.1. The van der Waals surface area contributed by atoms with Crippen molar-refractivity contribution in [3.63, 3.8) is 0 Å². The van der Waals surface area contributed by atoms with Crippen molar-refractivity contribution in [3.8, 4) is 0 Å². The van der Waals surface area contributed by atoms with Gasteiger partial charge in [0.1, 0.15) is 11.3 Å². The zero-order valence-electron chi connectivity index (χ0n) is 14.1. The second-order valence-electron chi connectivity index (χ2n) is 7.60. The molecule has 0 aromatic heterocycles. The van der Waals surface area contributed by atoms with Crippen molar-refractivity contribution >= 4 is 6.09 Å². The van der Waals surface area contributed by atoms with Gasteiger partial charge in [-0.05, 0) is 46.5 Å². The summed E-state index contributed by atoms with van der Waals surface area (Å²) in [4.78, 5) is 14.0. The average Bonchev–Trinajstić information content (AvgIpc) is 2.40. The molecule has 22 heavy (non-hydrogen) atoms. The molecule has 0 aromatic rings. The summed E-state index contributed by atoms with van der Waals surface area (Å²) in [5, 5.41) is 6.15. The summed E-state index contributed by atoms with van der Waals surface area (Å²) in [5.41, 5.74) is -1.60. The van der Waals surface area contributed by atoms with Gasteiger partial charge in [-0.1, -0.05) is 0 Å². The Morgan fingerprint density at radius 1 is 1.32 bits per heavy atom. The molecular formula is C16H30FN3O2. The van der Waals surface area contributed by atoms with E-state index in [4.69, 9.17) is 4.74 Å². The van der Waals surface area contributed by atoms with Gasteiger partial charge in [-0.15, -0.1) is 0 Å². The Morgan fingerprint density at radius 3 is 2.45 bits per heavy atom. The minimum atomic E-state index is -1.11. The third kappa shape index (κ3) is 5.72. The van der Waals surface area contributed by atoms with Gasteiger partial charge in [0.2, 0.25) is 0 Å². The Bertz CT molecular complexity index is 370. The summed E-state index contributed by atoms with van der Waals surface area (Å²) in [6.45, 7) is 9.77. The normalized spacial score (nSPS) is 30.8. The van der Waals surface area contributed by atoms with Gasteiger partial charge in [-0.2, -0.15) is 0 Å². The second kappa shape index (κ2) is 7.13. The number of nitrogens with zero attached hydrogens (tertiary/aromatic N) is 1. The summed E-state index contributed by atoms with van der Waals surface area (Å²) in [6, 6.07) is 0.0294. The van der Waals surface area contributed by atoms with E-state index in [0.717, 1.165) is 26.2 Å². The van der Waals surface area contributed by atoms with Gasteiger partial charge in [0.15, 0.2) is 0 Å². The minimum Gasteiger partial charge on any atom is -0.444 e. The monoisotopic (exact) mass is 315 g/mol. The van der Waals surface area contributed by atoms with Crippen LogP contribution in [0, 0.1) is 0 Å². The van der Waals surface area contributed by atoms with Crippen LogP contribution in [0.5, 0.6) is 0 Å². The van der Waals surface area contributed by atoms with Crippen LogP contribution < -0.4 is 10.6 Å². The van der Waals surface area contributed by atoms with E-state index in [-0.39, 0.29) is 6.04 Å². The van der Waals surface area contributed by atoms with Gasteiger partial charge in [-0.25, -0.2) is 9.18 Å². The largest absolute Gasteiger partial charge is 0.444 e. The van der Waals surface area contributed by atoms with Crippen LogP contribution in [0.1, 0.15) is 46.5 Å². The summed E-state index contributed by atoms with van der Waals surface area (Å²) >= 11 is 0. The maximum Gasteiger partial charge on any atom is 0.407 e. The highest BCUT2D eigenvalue weighted by Gasteiger charge is 2.37. The third-order valence-electron chi connectivity index (χ3n) is 4.32. The molecule has 128 valence electrons. The Balaban J connectivity index is 1.73. The maximum absolute atomic E-state index is 14.9. The van der Waals surface area contributed by atoms with E-state index < -0.39 is 17.4 Å². The summed E-state index contributed by atoms with van der Waals surface area (Å²) in [6.07, 6.45) is 1.99. The number of alkyl carbamates (subject to hydrolysis) is 1. The first-order valence-electron chi connectivity index (χ1n) is 8.37. The Morgan fingerprint density at radius 2 is 1.91 bits per heavy atom. The number of carbonyl (C=O) groups is 1. The van der Waals surface area contributed by atoms with Crippen molar-refractivity contribution in [1.82, 2.24) is 15.5 Å². The van der Waals surface area contributed by atoms with Crippen molar-refractivity contribution in [2.45, 2.75) is 63.8 Å². The van der Waals surface area contributed by atoms with Crippen LogP contribution in [-0.4, -0.2) is 61.0 Å². The molecule has 1 heterocycles. The standard InChI is InChI=1S/C16H30FN3O2/c1-15(2,3)22-14(21)19-13-4-6-16(17,7-5-13)12-20-10-8-18-9-11-20/h13,18H,4-12H2,1-3H3,(H,19,21). The lowest BCUT2D eigenvalue weighted by Crippen LogP contribution is -2.51. The first-order chi connectivity index (χ1) is 10.3. The number of hydrogen-bond donors (Lipinski definition) is 2. The number of rotatable bonds is 3. The average molecular weight is 315 g/mol. The molecule has 0 bridgehead atoms. The molecule has 1 aliphatic carbocycles. The van der Waals surface area contributed by atoms with Gasteiger partial charge >= 0.3 is 6.09 Å². The maximum atomic E-state index is 14.9. The SMILES string of the molecule is CC(C)(C)OC(=O)NC1CCC(F)(CN2CCNCC2)CC1. The van der Waals surface area contributed by atoms with Crippen molar-refractivity contribution in [2.75, 3.05) is 32.7 Å². The zero-order chi connectivity index (χ0) is 16.2. The number of amides is 1. The van der Waals surface area contributed by atoms with Crippen LogP contribution in [0.25, 0.3) is 0 Å². The van der Waals surface area contributed by atoms with Crippen LogP contribution in [0.15, 0.2) is 0 Å². The van der Waals surface area contributed by atoms with Gasteiger partial charge in [0.25, 0.3) is 0 Å². The first kappa shape index (κ1) is 17.5. The molecule has 2 fully saturated rings. The fourth-order valence-electron chi connectivity index (χ4n) is 3.18. The van der Waals surface area contributed by atoms with E-state index in [1.165, 1.54) is 0 Å². The van der Waals surface area contributed by atoms with E-state index >= 15 is 0 Å². The van der Waals surface area contributed by atoms with Crippen molar-refractivity contribution < 1.29 is 13.9 Å². The predicted octanol–water partition coefficient (Wildman–Crippen LogP) is 2.07. The molecule has 1 aliphatic heterocycles. The van der Waals surface area contributed by atoms with Crippen LogP contribution in [0.3, 0.4) is 0 Å². The molecule has 0 spiro atoms. The lowest BCUT2D eigenvalue weighted by Gasteiger charge is -2.39. The number of piperazine rings is 1. The number of carbonyl (C=O) groups excluding carboxylic acids is 1. The van der Waals surface area contributed by atoms with Crippen LogP contribution in [-0.2, 0) is 4.74 Å². The number of hydrogen-bond acceptors (Lipinski definition) is 4. The van der Waals surface area contributed by atoms with E-state index in [1.807, 2.05) is 20.8 Å². The Hall–Kier alpha value is -0.880. The number of nitrogens with one attached hydrogen (secondary N) is 2. The molecule has 2 aliphatic rings. The van der Waals surface area contributed by atoms with Gasteiger partial charge in [0.05, 0.1) is 0 Å². The minimum absolute atomic E-state index is 0.0294. The van der Waals surface area contributed by atoms with E-state index in [2.05, 4.69) is 15.5 Å². The highest BCUT2D eigenvalue weighted by Crippen LogP contribution is 2.33. The molecule has 1 saturated heterocycles. The second-order valence-corrected chi connectivity index (χ2v) is 7.60. The van der Waals surface area contributed by atoms with Gasteiger partial charge in [-0.3, -0.25) is 4.90 Å². The predicted molar refractivity (Wildman–Crippen MR) is 84.8 cm³/mol. The molecule has 0 aromatic carbocycles. The molecular weight excluding hydrogens is 285 g/mol. The summed E-state index contributed by atoms with van der Waals surface area (Å²) in [5.74, 6) is 0. The lowest BCUT2D eigenvalue weighted by molar-refractivity contribution is 0.0306.